The van der Waals surface area contributed by atoms with Crippen LogP contribution in [0.1, 0.15) is 23.9 Å². The molecule has 0 aliphatic heterocycles. The van der Waals surface area contributed by atoms with E-state index in [9.17, 15) is 35.8 Å². The van der Waals surface area contributed by atoms with Gasteiger partial charge >= 0.3 is 12.4 Å². The highest BCUT2D eigenvalue weighted by molar-refractivity contribution is 5.53. The van der Waals surface area contributed by atoms with Gasteiger partial charge < -0.3 is 10.4 Å². The summed E-state index contributed by atoms with van der Waals surface area (Å²) in [5.41, 5.74) is -5.67. The Bertz CT molecular complexity index is 1010. The van der Waals surface area contributed by atoms with Gasteiger partial charge in [0, 0.05) is 17.7 Å². The number of nitrogens with one attached hydrogen (secondary N) is 1. The Morgan fingerprint density at radius 3 is 2.04 bits per heavy atom. The lowest BCUT2D eigenvalue weighted by Gasteiger charge is -2.27. The van der Waals surface area contributed by atoms with E-state index in [1.54, 1.807) is 0 Å². The smallest absolute Gasteiger partial charge is 0.367 e. The lowest BCUT2D eigenvalue weighted by Crippen LogP contribution is -2.32. The topological polar surface area (TPSA) is 62.5 Å². The van der Waals surface area contributed by atoms with Crippen LogP contribution in [0, 0.1) is 5.82 Å². The maximum atomic E-state index is 13.1. The summed E-state index contributed by atoms with van der Waals surface area (Å²) in [5, 5.41) is 16.1. The first-order valence-electron chi connectivity index (χ1n) is 7.59. The molecule has 3 aromatic rings. The van der Waals surface area contributed by atoms with E-state index in [4.69, 9.17) is 0 Å². The van der Waals surface area contributed by atoms with E-state index < -0.39 is 46.7 Å². The van der Waals surface area contributed by atoms with Crippen LogP contribution in [0.2, 0.25) is 0 Å². The summed E-state index contributed by atoms with van der Waals surface area (Å²) in [5.74, 6) is -1.21. The Hall–Kier alpha value is -2.89. The zero-order chi connectivity index (χ0) is 20.9. The average Bonchev–Trinajstić information content (AvgIpc) is 2.99. The first kappa shape index (κ1) is 19.9. The number of halogens is 7. The van der Waals surface area contributed by atoms with Crippen LogP contribution in [-0.2, 0) is 18.1 Å². The van der Waals surface area contributed by atoms with Crippen LogP contribution >= 0.6 is 0 Å². The van der Waals surface area contributed by atoms with E-state index in [2.05, 4.69) is 15.4 Å². The minimum absolute atomic E-state index is 0.0515. The number of nitrogens with zero attached hydrogens (tertiary/aromatic N) is 3. The average molecular weight is 408 g/mol. The minimum atomic E-state index is -4.96. The summed E-state index contributed by atoms with van der Waals surface area (Å²) in [6.07, 6.45) is -9.87. The molecule has 1 unspecified atom stereocenters. The number of hydrogen-bond acceptors (Lipinski definition) is 4. The van der Waals surface area contributed by atoms with Gasteiger partial charge in [0.1, 0.15) is 11.6 Å². The molecule has 0 saturated carbocycles. The largest absolute Gasteiger partial charge is 0.435 e. The monoisotopic (exact) mass is 408 g/mol. The van der Waals surface area contributed by atoms with E-state index in [-0.39, 0.29) is 5.56 Å². The molecule has 3 rings (SSSR count). The predicted molar refractivity (Wildman–Crippen MR) is 82.6 cm³/mol. The van der Waals surface area contributed by atoms with E-state index in [0.717, 1.165) is 31.2 Å². The molecule has 1 aromatic carbocycles. The molecule has 2 heterocycles. The van der Waals surface area contributed by atoms with E-state index in [1.807, 2.05) is 0 Å². The summed E-state index contributed by atoms with van der Waals surface area (Å²) in [6.45, 7) is 1.13. The van der Waals surface area contributed by atoms with Gasteiger partial charge in [0.05, 0.1) is 0 Å². The van der Waals surface area contributed by atoms with Gasteiger partial charge in [-0.1, -0.05) is 12.1 Å². The fourth-order valence-electron chi connectivity index (χ4n) is 2.44. The van der Waals surface area contributed by atoms with E-state index in [0.29, 0.717) is 16.6 Å². The van der Waals surface area contributed by atoms with Gasteiger partial charge in [-0.05, 0) is 19.1 Å². The van der Waals surface area contributed by atoms with Crippen LogP contribution in [-0.4, -0.2) is 19.7 Å². The van der Waals surface area contributed by atoms with Crippen molar-refractivity contribution >= 4 is 11.5 Å². The number of aliphatic hydroxyl groups is 1. The van der Waals surface area contributed by atoms with Crippen molar-refractivity contribution in [2.45, 2.75) is 25.0 Å². The molecule has 0 aliphatic carbocycles. The molecule has 0 aliphatic rings. The third kappa shape index (κ3) is 3.86. The van der Waals surface area contributed by atoms with Gasteiger partial charge in [-0.25, -0.2) is 9.37 Å². The van der Waals surface area contributed by atoms with Crippen molar-refractivity contribution in [3.8, 4) is 0 Å². The number of aromatic nitrogens is 3. The molecular weight excluding hydrogens is 397 g/mol. The number of rotatable bonds is 3. The summed E-state index contributed by atoms with van der Waals surface area (Å²) < 4.78 is 91.5. The fourth-order valence-corrected chi connectivity index (χ4v) is 2.44. The molecule has 1 atom stereocenters. The highest BCUT2D eigenvalue weighted by Crippen LogP contribution is 2.34. The van der Waals surface area contributed by atoms with Gasteiger partial charge in [-0.15, -0.1) is 0 Å². The molecule has 2 N–H and O–H groups in total. The Morgan fingerprint density at radius 1 is 0.929 bits per heavy atom. The lowest BCUT2D eigenvalue weighted by atomic mass is 10.0. The maximum absolute atomic E-state index is 13.1. The molecule has 0 spiro atoms. The molecule has 0 amide bonds. The molecule has 150 valence electrons. The van der Waals surface area contributed by atoms with Gasteiger partial charge in [0.15, 0.2) is 22.8 Å². The molecule has 0 saturated heterocycles. The first-order valence-corrected chi connectivity index (χ1v) is 7.59. The maximum Gasteiger partial charge on any atom is 0.435 e. The quantitative estimate of drug-likeness (QED) is 0.504. The van der Waals surface area contributed by atoms with E-state index >= 15 is 0 Å². The Morgan fingerprint density at radius 2 is 1.50 bits per heavy atom. The third-order valence-corrected chi connectivity index (χ3v) is 3.79. The number of anilines is 1. The molecule has 0 bridgehead atoms. The van der Waals surface area contributed by atoms with Crippen molar-refractivity contribution in [3.05, 3.63) is 59.2 Å². The predicted octanol–water partition coefficient (Wildman–Crippen LogP) is 4.18. The van der Waals surface area contributed by atoms with Crippen LogP contribution in [0.25, 0.3) is 5.65 Å². The molecule has 28 heavy (non-hydrogen) atoms. The molecule has 2 aromatic heterocycles. The van der Waals surface area contributed by atoms with Crippen LogP contribution < -0.4 is 5.32 Å². The summed E-state index contributed by atoms with van der Waals surface area (Å²) in [7, 11) is 0. The zero-order valence-electron chi connectivity index (χ0n) is 13.9. The van der Waals surface area contributed by atoms with Crippen molar-refractivity contribution in [2.75, 3.05) is 5.32 Å². The van der Waals surface area contributed by atoms with Gasteiger partial charge in [0.2, 0.25) is 0 Å². The van der Waals surface area contributed by atoms with Crippen LogP contribution in [0.15, 0.2) is 36.4 Å². The van der Waals surface area contributed by atoms with Gasteiger partial charge in [-0.3, -0.25) is 0 Å². The molecule has 0 radical (unpaired) electrons. The van der Waals surface area contributed by atoms with Crippen molar-refractivity contribution in [1.29, 1.82) is 0 Å². The second-order valence-electron chi connectivity index (χ2n) is 6.03. The van der Waals surface area contributed by atoms with Gasteiger partial charge in [-0.2, -0.15) is 36.0 Å². The molecular formula is C16H11F7N4O. The van der Waals surface area contributed by atoms with Crippen LogP contribution in [0.5, 0.6) is 0 Å². The van der Waals surface area contributed by atoms with E-state index in [1.165, 1.54) is 0 Å². The first-order chi connectivity index (χ1) is 12.8. The van der Waals surface area contributed by atoms with Crippen LogP contribution in [0.3, 0.4) is 0 Å². The van der Waals surface area contributed by atoms with Crippen molar-refractivity contribution in [2.24, 2.45) is 0 Å². The summed E-state index contributed by atoms with van der Waals surface area (Å²) in [4.78, 5) is 3.16. The number of alkyl halides is 6. The number of fused-ring (bicyclic) bond motifs is 1. The lowest BCUT2D eigenvalue weighted by molar-refractivity contribution is -0.142. The molecule has 5 nitrogen and oxygen atoms in total. The second-order valence-corrected chi connectivity index (χ2v) is 6.03. The van der Waals surface area contributed by atoms with Crippen LogP contribution in [0.4, 0.5) is 36.6 Å². The SMILES string of the molecule is CC(O)(Nc1cc(C(F)(F)F)nc2cc(C(F)(F)F)nn12)c1ccc(F)cc1. The van der Waals surface area contributed by atoms with Crippen molar-refractivity contribution < 1.29 is 35.8 Å². The Kier molecular flexibility index (Phi) is 4.49. The number of hydrogen-bond donors (Lipinski definition) is 2. The normalized spacial score (nSPS) is 14.9. The summed E-state index contributed by atoms with van der Waals surface area (Å²) >= 11 is 0. The van der Waals surface area contributed by atoms with Crippen molar-refractivity contribution in [3.63, 3.8) is 0 Å². The third-order valence-electron chi connectivity index (χ3n) is 3.79. The zero-order valence-corrected chi connectivity index (χ0v) is 13.9. The van der Waals surface area contributed by atoms with Crippen molar-refractivity contribution in [1.82, 2.24) is 14.6 Å². The Balaban J connectivity index is 2.14. The Labute approximate surface area is 152 Å². The highest BCUT2D eigenvalue weighted by atomic mass is 19.4. The standard InChI is InChI=1S/C16H11F7N4O/c1-14(28,8-2-4-9(17)5-3-8)25-13-6-10(15(18,19)20)24-12-7-11(16(21,22)23)26-27(12)13/h2-7,25,28H,1H3. The second kappa shape index (κ2) is 6.33. The minimum Gasteiger partial charge on any atom is -0.367 e. The molecule has 12 heteroatoms. The number of benzene rings is 1. The highest BCUT2D eigenvalue weighted by Gasteiger charge is 2.38. The summed E-state index contributed by atoms with van der Waals surface area (Å²) in [6, 6.07) is 5.10. The molecule has 0 fully saturated rings. The fraction of sp³-hybridized carbons (Fsp3) is 0.250. The van der Waals surface area contributed by atoms with Gasteiger partial charge in [0.25, 0.3) is 0 Å².